The van der Waals surface area contributed by atoms with E-state index in [1.54, 1.807) is 0 Å². The molecule has 1 unspecified atom stereocenters. The van der Waals surface area contributed by atoms with Crippen LogP contribution < -0.4 is 5.32 Å². The molecule has 1 N–H and O–H groups in total. The van der Waals surface area contributed by atoms with Gasteiger partial charge in [0.1, 0.15) is 0 Å². The maximum Gasteiger partial charge on any atom is 0.0762 e. The van der Waals surface area contributed by atoms with Crippen LogP contribution in [0.2, 0.25) is 0 Å². The third kappa shape index (κ3) is 4.62. The van der Waals surface area contributed by atoms with Gasteiger partial charge in [-0.15, -0.1) is 11.6 Å². The first-order valence-corrected chi connectivity index (χ1v) is 7.40. The molecule has 0 radical (unpaired) electrons. The summed E-state index contributed by atoms with van der Waals surface area (Å²) in [5.74, 6) is 0.501. The second kappa shape index (κ2) is 7.80. The summed E-state index contributed by atoms with van der Waals surface area (Å²) in [6, 6.07) is 2.61. The Labute approximate surface area is 116 Å². The first-order valence-electron chi connectivity index (χ1n) is 6.97. The van der Waals surface area contributed by atoms with Gasteiger partial charge >= 0.3 is 0 Å². The molecule has 0 fully saturated rings. The van der Waals surface area contributed by atoms with Gasteiger partial charge in [0.15, 0.2) is 0 Å². The number of halogens is 1. The summed E-state index contributed by atoms with van der Waals surface area (Å²) in [7, 11) is 0. The normalized spacial score (nSPS) is 13.5. The topological polar surface area (TPSA) is 29.9 Å². The number of hydrogen-bond donors (Lipinski definition) is 1. The van der Waals surface area contributed by atoms with Crippen molar-refractivity contribution in [3.63, 3.8) is 0 Å². The SMILES string of the molecule is CCC(CC)n1ccc(CNCC(Cl)C(C)C)n1. The average molecular weight is 272 g/mol. The molecular weight excluding hydrogens is 246 g/mol. The monoisotopic (exact) mass is 271 g/mol. The summed E-state index contributed by atoms with van der Waals surface area (Å²) in [6.45, 7) is 10.3. The van der Waals surface area contributed by atoms with E-state index in [0.717, 1.165) is 31.6 Å². The lowest BCUT2D eigenvalue weighted by Gasteiger charge is -2.14. The number of nitrogens with zero attached hydrogens (tertiary/aromatic N) is 2. The summed E-state index contributed by atoms with van der Waals surface area (Å²) in [6.07, 6.45) is 4.33. The number of hydrogen-bond acceptors (Lipinski definition) is 2. The molecule has 1 rings (SSSR count). The molecule has 3 nitrogen and oxygen atoms in total. The Hall–Kier alpha value is -0.540. The van der Waals surface area contributed by atoms with Crippen molar-refractivity contribution in [1.29, 1.82) is 0 Å². The lowest BCUT2D eigenvalue weighted by molar-refractivity contribution is 0.423. The van der Waals surface area contributed by atoms with Crippen LogP contribution in [0.4, 0.5) is 0 Å². The quantitative estimate of drug-likeness (QED) is 0.732. The fraction of sp³-hybridized carbons (Fsp3) is 0.786. The Morgan fingerprint density at radius 3 is 2.56 bits per heavy atom. The van der Waals surface area contributed by atoms with Gasteiger partial charge in [-0.3, -0.25) is 4.68 Å². The fourth-order valence-electron chi connectivity index (χ4n) is 1.91. The lowest BCUT2D eigenvalue weighted by Crippen LogP contribution is -2.26. The van der Waals surface area contributed by atoms with E-state index in [0.29, 0.717) is 12.0 Å². The van der Waals surface area contributed by atoms with E-state index in [4.69, 9.17) is 11.6 Å². The molecule has 0 bridgehead atoms. The summed E-state index contributed by atoms with van der Waals surface area (Å²) in [5, 5.41) is 8.15. The van der Waals surface area contributed by atoms with E-state index in [1.165, 1.54) is 0 Å². The molecule has 1 atom stereocenters. The maximum atomic E-state index is 6.19. The van der Waals surface area contributed by atoms with Crippen molar-refractivity contribution in [1.82, 2.24) is 15.1 Å². The Balaban J connectivity index is 2.40. The van der Waals surface area contributed by atoms with E-state index in [-0.39, 0.29) is 5.38 Å². The van der Waals surface area contributed by atoms with Crippen molar-refractivity contribution < 1.29 is 0 Å². The highest BCUT2D eigenvalue weighted by molar-refractivity contribution is 6.20. The van der Waals surface area contributed by atoms with Crippen LogP contribution in [0.1, 0.15) is 52.3 Å². The first-order chi connectivity index (χ1) is 8.58. The Bertz CT molecular complexity index is 332. The average Bonchev–Trinajstić information content (AvgIpc) is 2.79. The molecule has 0 aliphatic rings. The molecule has 104 valence electrons. The van der Waals surface area contributed by atoms with Gasteiger partial charge in [-0.25, -0.2) is 0 Å². The molecule has 1 heterocycles. The zero-order valence-corrected chi connectivity index (χ0v) is 12.7. The maximum absolute atomic E-state index is 6.19. The number of aromatic nitrogens is 2. The van der Waals surface area contributed by atoms with Crippen molar-refractivity contribution in [2.45, 2.75) is 58.5 Å². The molecule has 0 saturated carbocycles. The molecular formula is C14H26ClN3. The predicted octanol–water partition coefficient (Wildman–Crippen LogP) is 3.60. The lowest BCUT2D eigenvalue weighted by atomic mass is 10.1. The molecule has 1 aromatic heterocycles. The summed E-state index contributed by atoms with van der Waals surface area (Å²) >= 11 is 6.19. The summed E-state index contributed by atoms with van der Waals surface area (Å²) in [4.78, 5) is 0. The van der Waals surface area contributed by atoms with Crippen molar-refractivity contribution in [2.75, 3.05) is 6.54 Å². The molecule has 0 amide bonds. The van der Waals surface area contributed by atoms with Gasteiger partial charge in [-0.05, 0) is 24.8 Å². The van der Waals surface area contributed by atoms with E-state index < -0.39 is 0 Å². The van der Waals surface area contributed by atoms with E-state index in [9.17, 15) is 0 Å². The van der Waals surface area contributed by atoms with Crippen molar-refractivity contribution in [3.8, 4) is 0 Å². The van der Waals surface area contributed by atoms with Crippen molar-refractivity contribution in [2.24, 2.45) is 5.92 Å². The van der Waals surface area contributed by atoms with Crippen LogP contribution in [0.25, 0.3) is 0 Å². The highest BCUT2D eigenvalue weighted by Gasteiger charge is 2.10. The molecule has 0 saturated heterocycles. The summed E-state index contributed by atoms with van der Waals surface area (Å²) < 4.78 is 2.08. The third-order valence-corrected chi connectivity index (χ3v) is 4.01. The van der Waals surface area contributed by atoms with Crippen molar-refractivity contribution in [3.05, 3.63) is 18.0 Å². The Morgan fingerprint density at radius 1 is 1.33 bits per heavy atom. The minimum absolute atomic E-state index is 0.186. The molecule has 0 aliphatic heterocycles. The van der Waals surface area contributed by atoms with Crippen molar-refractivity contribution >= 4 is 11.6 Å². The zero-order chi connectivity index (χ0) is 13.5. The van der Waals surface area contributed by atoms with Crippen LogP contribution in [0.15, 0.2) is 12.3 Å². The molecule has 1 aromatic rings. The minimum atomic E-state index is 0.186. The smallest absolute Gasteiger partial charge is 0.0762 e. The second-order valence-electron chi connectivity index (χ2n) is 5.15. The predicted molar refractivity (Wildman–Crippen MR) is 78.0 cm³/mol. The third-order valence-electron chi connectivity index (χ3n) is 3.35. The highest BCUT2D eigenvalue weighted by Crippen LogP contribution is 2.14. The first kappa shape index (κ1) is 15.5. The van der Waals surface area contributed by atoms with Gasteiger partial charge in [-0.2, -0.15) is 5.10 Å². The van der Waals surface area contributed by atoms with E-state index in [1.807, 2.05) is 0 Å². The molecule has 18 heavy (non-hydrogen) atoms. The van der Waals surface area contributed by atoms with Gasteiger partial charge in [0.05, 0.1) is 11.7 Å². The molecule has 0 aromatic carbocycles. The van der Waals surface area contributed by atoms with Crippen LogP contribution in [-0.4, -0.2) is 21.7 Å². The van der Waals surface area contributed by atoms with Crippen LogP contribution in [0, 0.1) is 5.92 Å². The van der Waals surface area contributed by atoms with Crippen LogP contribution in [0.5, 0.6) is 0 Å². The van der Waals surface area contributed by atoms with Gasteiger partial charge in [0.2, 0.25) is 0 Å². The standard InChI is InChI=1S/C14H26ClN3/c1-5-13(6-2)18-8-7-12(17-18)9-16-10-14(15)11(3)4/h7-8,11,13-14,16H,5-6,9-10H2,1-4H3. The summed E-state index contributed by atoms with van der Waals surface area (Å²) in [5.41, 5.74) is 1.09. The minimum Gasteiger partial charge on any atom is -0.310 e. The Morgan fingerprint density at radius 2 is 2.00 bits per heavy atom. The van der Waals surface area contributed by atoms with Gasteiger partial charge in [0, 0.05) is 24.7 Å². The van der Waals surface area contributed by atoms with Gasteiger partial charge in [-0.1, -0.05) is 27.7 Å². The van der Waals surface area contributed by atoms with Gasteiger partial charge < -0.3 is 5.32 Å². The van der Waals surface area contributed by atoms with Gasteiger partial charge in [0.25, 0.3) is 0 Å². The highest BCUT2D eigenvalue weighted by atomic mass is 35.5. The molecule has 0 aliphatic carbocycles. The Kier molecular flexibility index (Phi) is 6.72. The van der Waals surface area contributed by atoms with Crippen LogP contribution in [0.3, 0.4) is 0 Å². The van der Waals surface area contributed by atoms with Crippen LogP contribution in [-0.2, 0) is 6.54 Å². The van der Waals surface area contributed by atoms with E-state index in [2.05, 4.69) is 55.1 Å². The van der Waals surface area contributed by atoms with E-state index >= 15 is 0 Å². The number of alkyl halides is 1. The number of nitrogens with one attached hydrogen (secondary N) is 1. The molecule has 0 spiro atoms. The van der Waals surface area contributed by atoms with Crippen LogP contribution >= 0.6 is 11.6 Å². The largest absolute Gasteiger partial charge is 0.310 e. The zero-order valence-electron chi connectivity index (χ0n) is 12.0. The number of rotatable bonds is 8. The molecule has 4 heteroatoms. The fourth-order valence-corrected chi connectivity index (χ4v) is 2.02. The second-order valence-corrected chi connectivity index (χ2v) is 5.71.